The van der Waals surface area contributed by atoms with E-state index in [-0.39, 0.29) is 12.6 Å². The van der Waals surface area contributed by atoms with Crippen LogP contribution in [0.15, 0.2) is 35.6 Å². The zero-order valence-corrected chi connectivity index (χ0v) is 8.98. The molecule has 0 bridgehead atoms. The molecule has 15 heavy (non-hydrogen) atoms. The van der Waals surface area contributed by atoms with Gasteiger partial charge in [-0.3, -0.25) is 0 Å². The zero-order valence-electron chi connectivity index (χ0n) is 8.98. The number of nitrogens with two attached hydrogens (primary N) is 1. The highest BCUT2D eigenvalue weighted by molar-refractivity contribution is 5.35. The molecule has 0 fully saturated rings. The molecule has 0 aromatic heterocycles. The summed E-state index contributed by atoms with van der Waals surface area (Å²) in [7, 11) is 0. The Morgan fingerprint density at radius 3 is 3.07 bits per heavy atom. The Hall–Kier alpha value is -1.06. The van der Waals surface area contributed by atoms with Crippen LogP contribution in [0.25, 0.3) is 0 Å². The van der Waals surface area contributed by atoms with Crippen LogP contribution in [0, 0.1) is 5.92 Å². The summed E-state index contributed by atoms with van der Waals surface area (Å²) in [5.41, 5.74) is 8.10. The lowest BCUT2D eigenvalue weighted by Gasteiger charge is -2.24. The van der Waals surface area contributed by atoms with Gasteiger partial charge < -0.3 is 16.2 Å². The van der Waals surface area contributed by atoms with E-state index in [1.807, 2.05) is 6.92 Å². The third-order valence-electron chi connectivity index (χ3n) is 2.90. The Kier molecular flexibility index (Phi) is 2.93. The molecule has 3 heteroatoms. The summed E-state index contributed by atoms with van der Waals surface area (Å²) in [6, 6.07) is 0.501. The van der Waals surface area contributed by atoms with Gasteiger partial charge in [0.25, 0.3) is 0 Å². The van der Waals surface area contributed by atoms with Crippen molar-refractivity contribution in [3.63, 3.8) is 0 Å². The van der Waals surface area contributed by atoms with Crippen molar-refractivity contribution >= 4 is 0 Å². The number of hydrogen-bond donors (Lipinski definition) is 3. The summed E-state index contributed by atoms with van der Waals surface area (Å²) in [5, 5.41) is 12.4. The Labute approximate surface area is 90.4 Å². The Bertz CT molecular complexity index is 329. The minimum absolute atomic E-state index is 0.0896. The van der Waals surface area contributed by atoms with E-state index in [1.165, 1.54) is 5.57 Å². The third kappa shape index (κ3) is 2.13. The van der Waals surface area contributed by atoms with Gasteiger partial charge in [-0.2, -0.15) is 0 Å². The predicted octanol–water partition coefficient (Wildman–Crippen LogP) is 0.684. The molecule has 2 rings (SSSR count). The van der Waals surface area contributed by atoms with E-state index in [1.54, 1.807) is 0 Å². The van der Waals surface area contributed by atoms with E-state index < -0.39 is 0 Å². The fourth-order valence-corrected chi connectivity index (χ4v) is 2.26. The molecule has 82 valence electrons. The molecule has 0 radical (unpaired) electrons. The molecule has 0 amide bonds. The van der Waals surface area contributed by atoms with Gasteiger partial charge in [0.1, 0.15) is 0 Å². The van der Waals surface area contributed by atoms with Crippen LogP contribution in [-0.2, 0) is 0 Å². The van der Waals surface area contributed by atoms with E-state index in [2.05, 4.69) is 29.6 Å². The van der Waals surface area contributed by atoms with Crippen LogP contribution in [0.4, 0.5) is 0 Å². The van der Waals surface area contributed by atoms with Crippen molar-refractivity contribution in [1.29, 1.82) is 0 Å². The standard InChI is InChI=1S/C12H18N2O/c1-8(13)5-9-3-2-4-12-11(9)6-10(7-15)14-12/h2-4,6,8,11-12,14-15H,5,7,13H2,1H3. The number of allylic oxidation sites excluding steroid dienone is 2. The molecule has 0 spiro atoms. The molecule has 1 heterocycles. The molecule has 0 aromatic rings. The Morgan fingerprint density at radius 2 is 2.40 bits per heavy atom. The largest absolute Gasteiger partial charge is 0.390 e. The quantitative estimate of drug-likeness (QED) is 0.636. The number of rotatable bonds is 3. The van der Waals surface area contributed by atoms with Crippen LogP contribution >= 0.6 is 0 Å². The summed E-state index contributed by atoms with van der Waals surface area (Å²) in [6.07, 6.45) is 9.38. The van der Waals surface area contributed by atoms with Gasteiger partial charge in [0, 0.05) is 17.7 Å². The molecular weight excluding hydrogens is 188 g/mol. The second-order valence-electron chi connectivity index (χ2n) is 4.35. The predicted molar refractivity (Wildman–Crippen MR) is 61.1 cm³/mol. The van der Waals surface area contributed by atoms with Crippen LogP contribution in [0.5, 0.6) is 0 Å². The second kappa shape index (κ2) is 4.21. The first-order valence-corrected chi connectivity index (χ1v) is 5.41. The van der Waals surface area contributed by atoms with Crippen molar-refractivity contribution < 1.29 is 5.11 Å². The number of aliphatic hydroxyl groups excluding tert-OH is 1. The number of aliphatic hydroxyl groups is 1. The van der Waals surface area contributed by atoms with Crippen molar-refractivity contribution in [2.24, 2.45) is 11.7 Å². The van der Waals surface area contributed by atoms with E-state index in [0.29, 0.717) is 12.0 Å². The van der Waals surface area contributed by atoms with Gasteiger partial charge in [-0.25, -0.2) is 0 Å². The zero-order chi connectivity index (χ0) is 10.8. The minimum atomic E-state index is 0.0896. The lowest BCUT2D eigenvalue weighted by molar-refractivity contribution is 0.322. The highest BCUT2D eigenvalue weighted by Crippen LogP contribution is 2.30. The fourth-order valence-electron chi connectivity index (χ4n) is 2.26. The van der Waals surface area contributed by atoms with Crippen LogP contribution in [0.1, 0.15) is 13.3 Å². The van der Waals surface area contributed by atoms with Crippen LogP contribution < -0.4 is 11.1 Å². The maximum Gasteiger partial charge on any atom is 0.0824 e. The van der Waals surface area contributed by atoms with E-state index >= 15 is 0 Å². The first-order valence-electron chi connectivity index (χ1n) is 5.41. The topological polar surface area (TPSA) is 58.3 Å². The number of fused-ring (bicyclic) bond motifs is 1. The summed E-state index contributed by atoms with van der Waals surface area (Å²) in [6.45, 7) is 2.11. The number of nitrogens with one attached hydrogen (secondary N) is 1. The van der Waals surface area contributed by atoms with Gasteiger partial charge in [0.05, 0.1) is 12.6 Å². The van der Waals surface area contributed by atoms with Crippen LogP contribution in [0.3, 0.4) is 0 Å². The van der Waals surface area contributed by atoms with Crippen LogP contribution in [0.2, 0.25) is 0 Å². The van der Waals surface area contributed by atoms with Gasteiger partial charge in [0.15, 0.2) is 0 Å². The third-order valence-corrected chi connectivity index (χ3v) is 2.90. The summed E-state index contributed by atoms with van der Waals surface area (Å²) < 4.78 is 0. The van der Waals surface area contributed by atoms with Crippen molar-refractivity contribution in [1.82, 2.24) is 5.32 Å². The monoisotopic (exact) mass is 206 g/mol. The van der Waals surface area contributed by atoms with Crippen molar-refractivity contribution in [2.45, 2.75) is 25.4 Å². The molecule has 4 N–H and O–H groups in total. The van der Waals surface area contributed by atoms with E-state index in [0.717, 1.165) is 12.1 Å². The summed E-state index contributed by atoms with van der Waals surface area (Å²) in [5.74, 6) is 0.378. The fraction of sp³-hybridized carbons (Fsp3) is 0.500. The molecule has 0 aromatic carbocycles. The summed E-state index contributed by atoms with van der Waals surface area (Å²) in [4.78, 5) is 0. The molecular formula is C12H18N2O. The first kappa shape index (κ1) is 10.5. The average molecular weight is 206 g/mol. The van der Waals surface area contributed by atoms with Gasteiger partial charge in [-0.15, -0.1) is 0 Å². The lowest BCUT2D eigenvalue weighted by Crippen LogP contribution is -2.31. The second-order valence-corrected chi connectivity index (χ2v) is 4.35. The van der Waals surface area contributed by atoms with Crippen molar-refractivity contribution in [2.75, 3.05) is 6.61 Å². The van der Waals surface area contributed by atoms with Gasteiger partial charge in [-0.1, -0.05) is 29.9 Å². The lowest BCUT2D eigenvalue weighted by atomic mass is 9.86. The Morgan fingerprint density at radius 1 is 1.60 bits per heavy atom. The number of hydrogen-bond acceptors (Lipinski definition) is 3. The molecule has 0 saturated heterocycles. The maximum atomic E-state index is 9.08. The average Bonchev–Trinajstić information content (AvgIpc) is 2.61. The van der Waals surface area contributed by atoms with Gasteiger partial charge in [-0.05, 0) is 13.3 Å². The van der Waals surface area contributed by atoms with Gasteiger partial charge in [0.2, 0.25) is 0 Å². The van der Waals surface area contributed by atoms with Crippen molar-refractivity contribution in [3.8, 4) is 0 Å². The normalized spacial score (nSPS) is 30.3. The molecule has 1 aliphatic heterocycles. The van der Waals surface area contributed by atoms with E-state index in [9.17, 15) is 0 Å². The molecule has 3 nitrogen and oxygen atoms in total. The van der Waals surface area contributed by atoms with Crippen LogP contribution in [-0.4, -0.2) is 23.8 Å². The van der Waals surface area contributed by atoms with Gasteiger partial charge >= 0.3 is 0 Å². The molecule has 0 saturated carbocycles. The maximum absolute atomic E-state index is 9.08. The SMILES string of the molecule is CC(N)CC1=CC=CC2NC(CO)=CC12. The highest BCUT2D eigenvalue weighted by atomic mass is 16.3. The molecule has 2 aliphatic rings. The first-order chi connectivity index (χ1) is 7.20. The van der Waals surface area contributed by atoms with E-state index in [4.69, 9.17) is 10.8 Å². The molecule has 3 unspecified atom stereocenters. The highest BCUT2D eigenvalue weighted by Gasteiger charge is 2.29. The Balaban J connectivity index is 2.14. The minimum Gasteiger partial charge on any atom is -0.390 e. The molecule has 1 aliphatic carbocycles. The molecule has 3 atom stereocenters. The summed E-state index contributed by atoms with van der Waals surface area (Å²) >= 11 is 0. The smallest absolute Gasteiger partial charge is 0.0824 e. The van der Waals surface area contributed by atoms with Crippen molar-refractivity contribution in [3.05, 3.63) is 35.6 Å².